The molecule has 1 amide bonds. The minimum atomic E-state index is -1.05. The average molecular weight is 277 g/mol. The van der Waals surface area contributed by atoms with Crippen LogP contribution in [0, 0.1) is 5.92 Å². The SMILES string of the molecule is CC1CCNC(C(=O)NCc2ccc(C(=O)O)nc2)C1. The van der Waals surface area contributed by atoms with E-state index in [2.05, 4.69) is 22.5 Å². The average Bonchev–Trinajstić information content (AvgIpc) is 2.45. The van der Waals surface area contributed by atoms with E-state index in [-0.39, 0.29) is 17.6 Å². The quantitative estimate of drug-likeness (QED) is 0.756. The molecule has 0 radical (unpaired) electrons. The number of pyridine rings is 1. The Morgan fingerprint density at radius 2 is 2.30 bits per heavy atom. The lowest BCUT2D eigenvalue weighted by Gasteiger charge is -2.27. The van der Waals surface area contributed by atoms with Crippen molar-refractivity contribution < 1.29 is 14.7 Å². The molecule has 0 bridgehead atoms. The van der Waals surface area contributed by atoms with Gasteiger partial charge < -0.3 is 15.7 Å². The van der Waals surface area contributed by atoms with Gasteiger partial charge in [-0.25, -0.2) is 9.78 Å². The predicted octanol–water partition coefficient (Wildman–Crippen LogP) is 0.784. The van der Waals surface area contributed by atoms with Crippen molar-refractivity contribution in [2.45, 2.75) is 32.4 Å². The van der Waals surface area contributed by atoms with Crippen molar-refractivity contribution in [3.8, 4) is 0 Å². The number of nitrogens with one attached hydrogen (secondary N) is 2. The molecule has 1 saturated heterocycles. The maximum atomic E-state index is 12.0. The van der Waals surface area contributed by atoms with E-state index in [0.717, 1.165) is 24.9 Å². The molecule has 108 valence electrons. The Morgan fingerprint density at radius 3 is 2.90 bits per heavy atom. The molecular weight excluding hydrogens is 258 g/mol. The summed E-state index contributed by atoms with van der Waals surface area (Å²) in [5, 5.41) is 14.8. The van der Waals surface area contributed by atoms with Crippen LogP contribution in [0.15, 0.2) is 18.3 Å². The van der Waals surface area contributed by atoms with Crippen LogP contribution < -0.4 is 10.6 Å². The maximum Gasteiger partial charge on any atom is 0.354 e. The summed E-state index contributed by atoms with van der Waals surface area (Å²) in [5.41, 5.74) is 0.787. The summed E-state index contributed by atoms with van der Waals surface area (Å²) in [6.07, 6.45) is 3.42. The number of aromatic nitrogens is 1. The van der Waals surface area contributed by atoms with Gasteiger partial charge in [-0.15, -0.1) is 0 Å². The van der Waals surface area contributed by atoms with E-state index in [0.29, 0.717) is 12.5 Å². The molecule has 2 heterocycles. The van der Waals surface area contributed by atoms with Crippen molar-refractivity contribution in [2.24, 2.45) is 5.92 Å². The molecule has 1 aromatic rings. The van der Waals surface area contributed by atoms with E-state index in [1.54, 1.807) is 6.07 Å². The molecule has 0 aromatic carbocycles. The number of rotatable bonds is 4. The zero-order valence-corrected chi connectivity index (χ0v) is 11.4. The highest BCUT2D eigenvalue weighted by Crippen LogP contribution is 2.15. The lowest BCUT2D eigenvalue weighted by Crippen LogP contribution is -2.48. The second-order valence-corrected chi connectivity index (χ2v) is 5.21. The molecule has 1 aromatic heterocycles. The zero-order chi connectivity index (χ0) is 14.5. The Morgan fingerprint density at radius 1 is 1.50 bits per heavy atom. The van der Waals surface area contributed by atoms with E-state index in [4.69, 9.17) is 5.11 Å². The number of nitrogens with zero attached hydrogens (tertiary/aromatic N) is 1. The number of carbonyl (C=O) groups is 2. The molecule has 1 aliphatic rings. The molecule has 1 aliphatic heterocycles. The van der Waals surface area contributed by atoms with Crippen LogP contribution in [-0.4, -0.2) is 34.6 Å². The van der Waals surface area contributed by atoms with E-state index in [1.807, 2.05) is 0 Å². The normalized spacial score (nSPS) is 22.2. The van der Waals surface area contributed by atoms with E-state index >= 15 is 0 Å². The van der Waals surface area contributed by atoms with Gasteiger partial charge in [-0.2, -0.15) is 0 Å². The molecule has 20 heavy (non-hydrogen) atoms. The van der Waals surface area contributed by atoms with Gasteiger partial charge in [-0.05, 0) is 36.9 Å². The highest BCUT2D eigenvalue weighted by molar-refractivity contribution is 5.85. The molecule has 2 atom stereocenters. The van der Waals surface area contributed by atoms with Crippen molar-refractivity contribution in [3.63, 3.8) is 0 Å². The van der Waals surface area contributed by atoms with Crippen molar-refractivity contribution in [2.75, 3.05) is 6.54 Å². The maximum absolute atomic E-state index is 12.0. The zero-order valence-electron chi connectivity index (χ0n) is 11.4. The van der Waals surface area contributed by atoms with Gasteiger partial charge in [0.2, 0.25) is 5.91 Å². The van der Waals surface area contributed by atoms with Crippen LogP contribution in [-0.2, 0) is 11.3 Å². The number of hydrogen-bond donors (Lipinski definition) is 3. The first kappa shape index (κ1) is 14.5. The predicted molar refractivity (Wildman–Crippen MR) is 73.2 cm³/mol. The number of carbonyl (C=O) groups excluding carboxylic acids is 1. The van der Waals surface area contributed by atoms with Gasteiger partial charge in [0.15, 0.2) is 0 Å². The largest absolute Gasteiger partial charge is 0.477 e. The Labute approximate surface area is 117 Å². The van der Waals surface area contributed by atoms with E-state index in [1.165, 1.54) is 12.3 Å². The first-order valence-electron chi connectivity index (χ1n) is 6.75. The Balaban J connectivity index is 1.85. The van der Waals surface area contributed by atoms with Crippen molar-refractivity contribution in [1.82, 2.24) is 15.6 Å². The smallest absolute Gasteiger partial charge is 0.354 e. The van der Waals surface area contributed by atoms with Crippen LogP contribution in [0.3, 0.4) is 0 Å². The van der Waals surface area contributed by atoms with E-state index < -0.39 is 5.97 Å². The van der Waals surface area contributed by atoms with Crippen LogP contribution in [0.1, 0.15) is 35.8 Å². The van der Waals surface area contributed by atoms with Crippen molar-refractivity contribution >= 4 is 11.9 Å². The van der Waals surface area contributed by atoms with Gasteiger partial charge in [0.05, 0.1) is 6.04 Å². The van der Waals surface area contributed by atoms with Gasteiger partial charge in [0.25, 0.3) is 0 Å². The molecule has 2 rings (SSSR count). The van der Waals surface area contributed by atoms with Crippen molar-refractivity contribution in [1.29, 1.82) is 0 Å². The molecule has 6 heteroatoms. The van der Waals surface area contributed by atoms with Gasteiger partial charge in [-0.1, -0.05) is 13.0 Å². The molecule has 0 aliphatic carbocycles. The van der Waals surface area contributed by atoms with Gasteiger partial charge in [-0.3, -0.25) is 4.79 Å². The molecule has 6 nitrogen and oxygen atoms in total. The fourth-order valence-electron chi connectivity index (χ4n) is 2.28. The number of piperidine rings is 1. The second-order valence-electron chi connectivity index (χ2n) is 5.21. The van der Waals surface area contributed by atoms with Crippen LogP contribution in [0.5, 0.6) is 0 Å². The molecule has 0 saturated carbocycles. The summed E-state index contributed by atoms with van der Waals surface area (Å²) in [5.74, 6) is -0.511. The fraction of sp³-hybridized carbons (Fsp3) is 0.500. The summed E-state index contributed by atoms with van der Waals surface area (Å²) >= 11 is 0. The first-order valence-corrected chi connectivity index (χ1v) is 6.75. The summed E-state index contributed by atoms with van der Waals surface area (Å²) < 4.78 is 0. The molecule has 0 spiro atoms. The summed E-state index contributed by atoms with van der Waals surface area (Å²) in [4.78, 5) is 26.5. The topological polar surface area (TPSA) is 91.3 Å². The first-order chi connectivity index (χ1) is 9.56. The standard InChI is InChI=1S/C14H19N3O3/c1-9-4-5-15-12(6-9)13(18)17-8-10-2-3-11(14(19)20)16-7-10/h2-3,7,9,12,15H,4-6,8H2,1H3,(H,17,18)(H,19,20). The summed E-state index contributed by atoms with van der Waals surface area (Å²) in [6, 6.07) is 2.96. The third kappa shape index (κ3) is 3.77. The minimum absolute atomic E-state index is 0.00264. The number of carboxylic acids is 1. The highest BCUT2D eigenvalue weighted by atomic mass is 16.4. The summed E-state index contributed by atoms with van der Waals surface area (Å²) in [7, 11) is 0. The number of aromatic carboxylic acids is 1. The van der Waals surface area contributed by atoms with Crippen molar-refractivity contribution in [3.05, 3.63) is 29.6 Å². The fourth-order valence-corrected chi connectivity index (χ4v) is 2.28. The third-order valence-corrected chi connectivity index (χ3v) is 3.49. The van der Waals surface area contributed by atoms with Crippen LogP contribution >= 0.6 is 0 Å². The monoisotopic (exact) mass is 277 g/mol. The van der Waals surface area contributed by atoms with Crippen LogP contribution in [0.25, 0.3) is 0 Å². The van der Waals surface area contributed by atoms with Crippen LogP contribution in [0.4, 0.5) is 0 Å². The lowest BCUT2D eigenvalue weighted by atomic mass is 9.94. The van der Waals surface area contributed by atoms with Gasteiger partial charge >= 0.3 is 5.97 Å². The summed E-state index contributed by atoms with van der Waals surface area (Å²) in [6.45, 7) is 3.38. The highest BCUT2D eigenvalue weighted by Gasteiger charge is 2.24. The number of hydrogen-bond acceptors (Lipinski definition) is 4. The molecule has 1 fully saturated rings. The Bertz CT molecular complexity index is 487. The van der Waals surface area contributed by atoms with Crippen LogP contribution in [0.2, 0.25) is 0 Å². The Kier molecular flexibility index (Phi) is 4.68. The molecule has 2 unspecified atom stereocenters. The lowest BCUT2D eigenvalue weighted by molar-refractivity contribution is -0.124. The third-order valence-electron chi connectivity index (χ3n) is 3.49. The number of amides is 1. The molecular formula is C14H19N3O3. The van der Waals surface area contributed by atoms with Gasteiger partial charge in [0.1, 0.15) is 5.69 Å². The van der Waals surface area contributed by atoms with E-state index in [9.17, 15) is 9.59 Å². The second kappa shape index (κ2) is 6.47. The van der Waals surface area contributed by atoms with Gasteiger partial charge in [0, 0.05) is 12.7 Å². The minimum Gasteiger partial charge on any atom is -0.477 e. The Hall–Kier alpha value is -1.95. The number of carboxylic acid groups (broad SMARTS) is 1. The molecule has 3 N–H and O–H groups in total.